The monoisotopic (exact) mass is 389 g/mol. The van der Waals surface area contributed by atoms with Gasteiger partial charge >= 0.3 is 0 Å². The van der Waals surface area contributed by atoms with Crippen LogP contribution in [0.1, 0.15) is 5.56 Å². The molecule has 0 amide bonds. The van der Waals surface area contributed by atoms with Crippen LogP contribution in [0.5, 0.6) is 5.75 Å². The van der Waals surface area contributed by atoms with E-state index in [1.165, 1.54) is 11.5 Å². The Morgan fingerprint density at radius 2 is 1.89 bits per heavy atom. The lowest BCUT2D eigenvalue weighted by Gasteiger charge is -2.18. The van der Waals surface area contributed by atoms with E-state index in [0.29, 0.717) is 16.5 Å². The lowest BCUT2D eigenvalue weighted by Crippen LogP contribution is -2.25. The van der Waals surface area contributed by atoms with Crippen LogP contribution in [-0.2, 0) is 0 Å². The van der Waals surface area contributed by atoms with Crippen LogP contribution in [0.4, 0.5) is 0 Å². The number of hydrogen-bond donors (Lipinski definition) is 0. The Morgan fingerprint density at radius 3 is 2.63 bits per heavy atom. The van der Waals surface area contributed by atoms with Crippen molar-refractivity contribution in [3.63, 3.8) is 0 Å². The van der Waals surface area contributed by atoms with Gasteiger partial charge in [0, 0.05) is 36.6 Å². The summed E-state index contributed by atoms with van der Waals surface area (Å²) in [5.74, 6) is 0.681. The van der Waals surface area contributed by atoms with E-state index in [4.69, 9.17) is 17.0 Å². The molecule has 0 bridgehead atoms. The maximum Gasteiger partial charge on any atom is 0.264 e. The minimum atomic E-state index is 0.387. The molecule has 27 heavy (non-hydrogen) atoms. The van der Waals surface area contributed by atoms with E-state index in [1.807, 2.05) is 68.8 Å². The fourth-order valence-electron chi connectivity index (χ4n) is 3.06. The third-order valence-corrected chi connectivity index (χ3v) is 5.64. The van der Waals surface area contributed by atoms with Crippen molar-refractivity contribution >= 4 is 49.8 Å². The Balaban J connectivity index is 2.04. The van der Waals surface area contributed by atoms with Gasteiger partial charge in [-0.3, -0.25) is 0 Å². The molecule has 6 heteroatoms. The van der Waals surface area contributed by atoms with Crippen LogP contribution in [0.25, 0.3) is 32.0 Å². The highest BCUT2D eigenvalue weighted by atomic mass is 32.1. The number of fused-ring (bicyclic) bond motifs is 2. The van der Waals surface area contributed by atoms with Gasteiger partial charge in [-0.1, -0.05) is 30.3 Å². The molecule has 0 atom stereocenters. The summed E-state index contributed by atoms with van der Waals surface area (Å²) in [6, 6.07) is 17.9. The van der Waals surface area contributed by atoms with Crippen molar-refractivity contribution in [2.75, 3.05) is 14.1 Å². The van der Waals surface area contributed by atoms with Gasteiger partial charge in [0.05, 0.1) is 16.3 Å². The number of aromatic nitrogens is 1. The van der Waals surface area contributed by atoms with Gasteiger partial charge in [0.15, 0.2) is 0 Å². The summed E-state index contributed by atoms with van der Waals surface area (Å²) >= 11 is 6.78. The van der Waals surface area contributed by atoms with Crippen LogP contribution in [0.15, 0.2) is 54.7 Å². The van der Waals surface area contributed by atoms with Crippen LogP contribution >= 0.6 is 23.8 Å². The first kappa shape index (κ1) is 17.4. The normalized spacial score (nSPS) is 10.7. The number of hydrogen-bond acceptors (Lipinski definition) is 5. The Hall–Kier alpha value is -3.01. The van der Waals surface area contributed by atoms with E-state index in [1.54, 1.807) is 4.90 Å². The van der Waals surface area contributed by atoms with Gasteiger partial charge in [0.2, 0.25) is 0 Å². The number of benzene rings is 3. The number of rotatable bonds is 2. The molecule has 0 saturated heterocycles. The summed E-state index contributed by atoms with van der Waals surface area (Å²) in [7, 11) is 3.70. The average molecular weight is 390 g/mol. The molecule has 1 aromatic heterocycles. The van der Waals surface area contributed by atoms with E-state index in [-0.39, 0.29) is 0 Å². The number of ether oxygens (including phenoxy) is 1. The van der Waals surface area contributed by atoms with Crippen LogP contribution in [0.3, 0.4) is 0 Å². The van der Waals surface area contributed by atoms with Gasteiger partial charge in [-0.15, -0.1) is 0 Å². The molecule has 0 aliphatic heterocycles. The zero-order valence-electron chi connectivity index (χ0n) is 14.8. The van der Waals surface area contributed by atoms with Crippen molar-refractivity contribution in [1.29, 1.82) is 5.26 Å². The second kappa shape index (κ2) is 6.95. The van der Waals surface area contributed by atoms with Crippen molar-refractivity contribution in [2.45, 2.75) is 0 Å². The number of nitrogens with zero attached hydrogens (tertiary/aromatic N) is 3. The SMILES string of the molecule is CN(C)C(=S)Oc1ccc2cnsc2c1-c1ccc(C#N)c2ccccc12. The van der Waals surface area contributed by atoms with Crippen molar-refractivity contribution in [2.24, 2.45) is 0 Å². The van der Waals surface area contributed by atoms with Gasteiger partial charge in [-0.2, -0.15) is 9.64 Å². The minimum absolute atomic E-state index is 0.387. The zero-order valence-corrected chi connectivity index (χ0v) is 16.4. The molecule has 1 heterocycles. The first-order valence-electron chi connectivity index (χ1n) is 8.29. The van der Waals surface area contributed by atoms with E-state index in [9.17, 15) is 5.26 Å². The predicted molar refractivity (Wildman–Crippen MR) is 114 cm³/mol. The summed E-state index contributed by atoms with van der Waals surface area (Å²) in [6.07, 6.45) is 1.85. The Bertz CT molecular complexity index is 1220. The largest absolute Gasteiger partial charge is 0.431 e. The van der Waals surface area contributed by atoms with Gasteiger partial charge < -0.3 is 9.64 Å². The molecule has 4 aromatic rings. The number of nitriles is 1. The average Bonchev–Trinajstić information content (AvgIpc) is 3.16. The molecule has 4 rings (SSSR count). The van der Waals surface area contributed by atoms with Crippen LogP contribution in [0, 0.1) is 11.3 Å². The molecule has 0 aliphatic carbocycles. The summed E-state index contributed by atoms with van der Waals surface area (Å²) in [4.78, 5) is 1.76. The maximum absolute atomic E-state index is 9.47. The quantitative estimate of drug-likeness (QED) is 0.440. The lowest BCUT2D eigenvalue weighted by atomic mass is 9.94. The van der Waals surface area contributed by atoms with Crippen LogP contribution in [0.2, 0.25) is 0 Å². The molecular formula is C21H15N3OS2. The third-order valence-electron chi connectivity index (χ3n) is 4.36. The molecular weight excluding hydrogens is 374 g/mol. The molecule has 0 spiro atoms. The third kappa shape index (κ3) is 3.01. The van der Waals surface area contributed by atoms with Crippen LogP contribution < -0.4 is 4.74 Å². The van der Waals surface area contributed by atoms with Gasteiger partial charge in [0.1, 0.15) is 5.75 Å². The second-order valence-corrected chi connectivity index (χ2v) is 7.41. The fraction of sp³-hybridized carbons (Fsp3) is 0.0952. The number of thiocarbonyl (C=S) groups is 1. The highest BCUT2D eigenvalue weighted by Crippen LogP contribution is 2.42. The molecule has 3 aromatic carbocycles. The summed E-state index contributed by atoms with van der Waals surface area (Å²) in [5, 5.41) is 12.8. The van der Waals surface area contributed by atoms with E-state index in [2.05, 4.69) is 10.4 Å². The van der Waals surface area contributed by atoms with Crippen molar-refractivity contribution in [3.8, 4) is 22.9 Å². The maximum atomic E-state index is 9.47. The van der Waals surface area contributed by atoms with Gasteiger partial charge in [-0.25, -0.2) is 0 Å². The minimum Gasteiger partial charge on any atom is -0.431 e. The molecule has 0 fully saturated rings. The van der Waals surface area contributed by atoms with Gasteiger partial charge in [-0.05, 0) is 52.9 Å². The van der Waals surface area contributed by atoms with E-state index < -0.39 is 0 Å². The first-order valence-corrected chi connectivity index (χ1v) is 9.47. The Labute approximate surface area is 166 Å². The molecule has 0 radical (unpaired) electrons. The molecule has 0 aliphatic rings. The lowest BCUT2D eigenvalue weighted by molar-refractivity contribution is 0.451. The topological polar surface area (TPSA) is 49.1 Å². The van der Waals surface area contributed by atoms with Crippen LogP contribution in [-0.4, -0.2) is 28.5 Å². The Morgan fingerprint density at radius 1 is 1.11 bits per heavy atom. The summed E-state index contributed by atoms with van der Waals surface area (Å²) < 4.78 is 11.4. The standard InChI is InChI=1S/C21H15N3OS2/c1-24(2)21(26)25-18-10-8-14-12-23-27-20(14)19(18)17-9-7-13(11-22)15-5-3-4-6-16(15)17/h3-10,12H,1-2H3. The predicted octanol–water partition coefficient (Wildman–Crippen LogP) is 5.21. The zero-order chi connectivity index (χ0) is 19.0. The molecule has 0 saturated carbocycles. The summed E-state index contributed by atoms with van der Waals surface area (Å²) in [6.45, 7) is 0. The highest BCUT2D eigenvalue weighted by molar-refractivity contribution is 7.80. The molecule has 0 unspecified atom stereocenters. The van der Waals surface area contributed by atoms with Crippen molar-refractivity contribution in [1.82, 2.24) is 9.27 Å². The van der Waals surface area contributed by atoms with E-state index >= 15 is 0 Å². The molecule has 0 N–H and O–H groups in total. The van der Waals surface area contributed by atoms with Gasteiger partial charge in [0.25, 0.3) is 5.17 Å². The first-order chi connectivity index (χ1) is 13.1. The van der Waals surface area contributed by atoms with E-state index in [0.717, 1.165) is 32.0 Å². The molecule has 132 valence electrons. The smallest absolute Gasteiger partial charge is 0.264 e. The second-order valence-electron chi connectivity index (χ2n) is 6.26. The van der Waals surface area contributed by atoms with Crippen molar-refractivity contribution in [3.05, 3.63) is 60.3 Å². The van der Waals surface area contributed by atoms with Crippen molar-refractivity contribution < 1.29 is 4.74 Å². The molecule has 4 nitrogen and oxygen atoms in total. The summed E-state index contributed by atoms with van der Waals surface area (Å²) in [5.41, 5.74) is 2.59. The highest BCUT2D eigenvalue weighted by Gasteiger charge is 2.18. The Kier molecular flexibility index (Phi) is 4.48. The fourth-order valence-corrected chi connectivity index (χ4v) is 3.95.